The van der Waals surface area contributed by atoms with Crippen LogP contribution in [0.15, 0.2) is 55.0 Å². The predicted octanol–water partition coefficient (Wildman–Crippen LogP) is 4.88. The average molecular weight is 723 g/mol. The molecule has 0 bridgehead atoms. The molecule has 51 heavy (non-hydrogen) atoms. The number of halogens is 1. The second kappa shape index (κ2) is 24.3. The lowest BCUT2D eigenvalue weighted by Gasteiger charge is -2.28. The van der Waals surface area contributed by atoms with Crippen LogP contribution in [0, 0.1) is 40.4 Å². The van der Waals surface area contributed by atoms with E-state index in [2.05, 4.69) is 50.2 Å². The zero-order valence-corrected chi connectivity index (χ0v) is 30.8. The number of ether oxygens (including phenoxy) is 2. The van der Waals surface area contributed by atoms with Gasteiger partial charge in [0.05, 0.1) is 36.5 Å². The van der Waals surface area contributed by atoms with E-state index in [0.29, 0.717) is 65.6 Å². The largest absolute Gasteiger partial charge is 1.00 e. The Bertz CT molecular complexity index is 1490. The molecule has 0 amide bonds. The van der Waals surface area contributed by atoms with Gasteiger partial charge in [-0.05, 0) is 139 Å². The molecule has 0 aliphatic carbocycles. The number of nitrogens with zero attached hydrogens (tertiary/aromatic N) is 7. The molecule has 3 saturated heterocycles. The van der Waals surface area contributed by atoms with Gasteiger partial charge < -0.3 is 35.4 Å². The number of nitrogens with two attached hydrogens (primary N) is 1. The third-order valence-corrected chi connectivity index (χ3v) is 9.29. The van der Waals surface area contributed by atoms with Crippen molar-refractivity contribution in [2.24, 2.45) is 23.5 Å². The van der Waals surface area contributed by atoms with E-state index in [1.807, 2.05) is 18.2 Å². The van der Waals surface area contributed by atoms with E-state index in [1.165, 1.54) is 51.0 Å². The van der Waals surface area contributed by atoms with Gasteiger partial charge in [0, 0.05) is 45.3 Å². The molecule has 6 heterocycles. The van der Waals surface area contributed by atoms with Crippen LogP contribution >= 0.6 is 11.6 Å². The summed E-state index contributed by atoms with van der Waals surface area (Å²) in [4.78, 5) is 16.7. The van der Waals surface area contributed by atoms with Crippen LogP contribution in [-0.4, -0.2) is 103 Å². The molecule has 0 unspecified atom stereocenters. The number of hydrogen-bond acceptors (Lipinski definition) is 12. The number of nitriles is 2. The lowest BCUT2D eigenvalue weighted by atomic mass is 9.98. The molecule has 13 heteroatoms. The maximum atomic E-state index is 8.77. The van der Waals surface area contributed by atoms with E-state index in [4.69, 9.17) is 42.4 Å². The van der Waals surface area contributed by atoms with Crippen molar-refractivity contribution >= 4 is 11.6 Å². The molecule has 4 N–H and O–H groups in total. The zero-order valence-electron chi connectivity index (χ0n) is 31.1. The summed E-state index contributed by atoms with van der Waals surface area (Å²) in [5, 5.41) is 29.4. The Balaban J connectivity index is 0.000000366. The van der Waals surface area contributed by atoms with Crippen molar-refractivity contribution in [2.75, 3.05) is 73.2 Å². The Hall–Kier alpha value is -3.88. The topological polar surface area (TPSA) is 169 Å². The molecule has 0 atom stereocenters. The van der Waals surface area contributed by atoms with Crippen molar-refractivity contribution in [3.8, 4) is 23.9 Å². The molecular weight excluding hydrogens is 666 g/mol. The Labute approximate surface area is 311 Å². The summed E-state index contributed by atoms with van der Waals surface area (Å²) < 4.78 is 11.4. The van der Waals surface area contributed by atoms with E-state index in [9.17, 15) is 0 Å². The number of pyridine rings is 3. The number of aromatic nitrogens is 3. The third-order valence-electron chi connectivity index (χ3n) is 9.08. The summed E-state index contributed by atoms with van der Waals surface area (Å²) in [6, 6.07) is 14.4. The zero-order chi connectivity index (χ0) is 36.7. The van der Waals surface area contributed by atoms with E-state index >= 15 is 0 Å². The SMILES string of the molecule is CN1CCC(COc2cc(C#N)ccn2)CC1.CN1CCC(COc2cc(CN)ccn2)CC1.N#Cc1ccnc(Cl)c1.OCC1CCNCC1.[H+].[HH]. The molecule has 3 aliphatic rings. The Morgan fingerprint density at radius 2 is 1.29 bits per heavy atom. The van der Waals surface area contributed by atoms with Crippen LogP contribution in [0.3, 0.4) is 0 Å². The van der Waals surface area contributed by atoms with Crippen molar-refractivity contribution in [1.29, 1.82) is 10.5 Å². The number of aliphatic hydroxyl groups is 1. The molecule has 3 aromatic heterocycles. The summed E-state index contributed by atoms with van der Waals surface area (Å²) in [6.07, 6.45) is 12.0. The average Bonchev–Trinajstić information content (AvgIpc) is 3.18. The summed E-state index contributed by atoms with van der Waals surface area (Å²) in [6.45, 7) is 9.18. The molecule has 0 aromatic carbocycles. The van der Waals surface area contributed by atoms with Gasteiger partial charge in [-0.15, -0.1) is 0 Å². The fraction of sp³-hybridized carbons (Fsp3) is 0.553. The van der Waals surface area contributed by atoms with Crippen molar-refractivity contribution in [1.82, 2.24) is 30.1 Å². The van der Waals surface area contributed by atoms with Gasteiger partial charge in [0.2, 0.25) is 11.8 Å². The Morgan fingerprint density at radius 1 is 0.804 bits per heavy atom. The number of nitrogens with one attached hydrogen (secondary N) is 1. The highest BCUT2D eigenvalue weighted by atomic mass is 35.5. The minimum absolute atomic E-state index is 0. The van der Waals surface area contributed by atoms with Crippen LogP contribution < -0.4 is 20.5 Å². The smallest absolute Gasteiger partial charge is 0.477 e. The molecule has 3 aromatic rings. The quantitative estimate of drug-likeness (QED) is 0.270. The van der Waals surface area contributed by atoms with Crippen molar-refractivity contribution in [2.45, 2.75) is 45.1 Å². The highest BCUT2D eigenvalue weighted by Crippen LogP contribution is 2.19. The van der Waals surface area contributed by atoms with Crippen LogP contribution in [0.5, 0.6) is 11.8 Å². The number of aliphatic hydroxyl groups excluding tert-OH is 1. The molecule has 3 aliphatic heterocycles. The van der Waals surface area contributed by atoms with E-state index in [-0.39, 0.29) is 2.85 Å². The Kier molecular flexibility index (Phi) is 19.8. The van der Waals surface area contributed by atoms with Gasteiger partial charge >= 0.3 is 1.43 Å². The van der Waals surface area contributed by atoms with Crippen molar-refractivity contribution in [3.05, 3.63) is 76.8 Å². The standard InChI is InChI=1S/C13H21N3O.C13H17N3O.C6H3ClN2.C6H13NO.H2/c2*1-16-6-3-11(4-7-16)10-17-13-8-12(9-14)2-5-15-13;7-6-3-5(4-8)1-2-9-6;8-5-6-1-3-7-4-2-6;/h2,5,8,11H,3-4,6-7,9-10,14H2,1H3;2,5,8,11H,3-4,6-7,10H2,1H3;1-3H;6-8H,1-5H2;1H/p+1. The molecule has 0 saturated carbocycles. The maximum Gasteiger partial charge on any atom is 1.00 e. The molecule has 0 radical (unpaired) electrons. The Morgan fingerprint density at radius 3 is 1.75 bits per heavy atom. The summed E-state index contributed by atoms with van der Waals surface area (Å²) in [5.41, 5.74) is 7.78. The fourth-order valence-electron chi connectivity index (χ4n) is 5.61. The van der Waals surface area contributed by atoms with Crippen molar-refractivity contribution in [3.63, 3.8) is 0 Å². The first-order chi connectivity index (χ1) is 24.8. The molecule has 6 rings (SSSR count). The second-order valence-corrected chi connectivity index (χ2v) is 13.6. The minimum Gasteiger partial charge on any atom is -0.477 e. The normalized spacial score (nSPS) is 17.2. The first-order valence-corrected chi connectivity index (χ1v) is 18.2. The van der Waals surface area contributed by atoms with Gasteiger partial charge in [-0.25, -0.2) is 15.0 Å². The van der Waals surface area contributed by atoms with Gasteiger partial charge in [0.25, 0.3) is 0 Å². The van der Waals surface area contributed by atoms with E-state index in [1.54, 1.807) is 30.6 Å². The number of piperidine rings is 3. The van der Waals surface area contributed by atoms with Crippen LogP contribution in [-0.2, 0) is 6.54 Å². The van der Waals surface area contributed by atoms with Crippen LogP contribution in [0.1, 0.15) is 58.1 Å². The summed E-state index contributed by atoms with van der Waals surface area (Å²) in [5.74, 6) is 3.11. The maximum absolute atomic E-state index is 8.77. The van der Waals surface area contributed by atoms with Crippen molar-refractivity contribution < 1.29 is 17.4 Å². The first kappa shape index (κ1) is 41.5. The summed E-state index contributed by atoms with van der Waals surface area (Å²) in [7, 11) is 4.32. The lowest BCUT2D eigenvalue weighted by molar-refractivity contribution is 0.157. The number of likely N-dealkylation sites (tertiary alicyclic amines) is 2. The minimum atomic E-state index is 0. The fourth-order valence-corrected chi connectivity index (χ4v) is 5.79. The van der Waals surface area contributed by atoms with Gasteiger partial charge in [-0.3, -0.25) is 0 Å². The number of rotatable bonds is 8. The van der Waals surface area contributed by atoms with Crippen LogP contribution in [0.4, 0.5) is 0 Å². The third kappa shape index (κ3) is 17.3. The molecule has 0 spiro atoms. The molecule has 3 fully saturated rings. The lowest BCUT2D eigenvalue weighted by Crippen LogP contribution is -2.32. The van der Waals surface area contributed by atoms with E-state index in [0.717, 1.165) is 51.2 Å². The van der Waals surface area contributed by atoms with Crippen LogP contribution in [0.2, 0.25) is 5.15 Å². The molecule has 278 valence electrons. The highest BCUT2D eigenvalue weighted by Gasteiger charge is 2.18. The summed E-state index contributed by atoms with van der Waals surface area (Å²) >= 11 is 5.46. The molecule has 12 nitrogen and oxygen atoms in total. The monoisotopic (exact) mass is 722 g/mol. The van der Waals surface area contributed by atoms with Gasteiger partial charge in [0.15, 0.2) is 0 Å². The van der Waals surface area contributed by atoms with Gasteiger partial charge in [-0.2, -0.15) is 10.5 Å². The predicted molar refractivity (Wildman–Crippen MR) is 202 cm³/mol. The number of hydrogen-bond donors (Lipinski definition) is 3. The van der Waals surface area contributed by atoms with Gasteiger partial charge in [0.1, 0.15) is 5.15 Å². The highest BCUT2D eigenvalue weighted by molar-refractivity contribution is 6.29. The van der Waals surface area contributed by atoms with E-state index < -0.39 is 0 Å². The van der Waals surface area contributed by atoms with Gasteiger partial charge in [-0.1, -0.05) is 11.6 Å². The second-order valence-electron chi connectivity index (χ2n) is 13.2. The molecular formula is C38H57ClN9O3+. The van der Waals surface area contributed by atoms with Crippen LogP contribution in [0.25, 0.3) is 0 Å². The first-order valence-electron chi connectivity index (χ1n) is 17.8.